The molecule has 0 spiro atoms. The van der Waals surface area contributed by atoms with Gasteiger partial charge in [0.2, 0.25) is 5.91 Å². The zero-order valence-corrected chi connectivity index (χ0v) is 15.4. The van der Waals surface area contributed by atoms with Crippen LogP contribution in [0.5, 0.6) is 0 Å². The van der Waals surface area contributed by atoms with Gasteiger partial charge < -0.3 is 15.4 Å². The van der Waals surface area contributed by atoms with Crippen molar-refractivity contribution in [3.8, 4) is 0 Å². The molecule has 1 heterocycles. The summed E-state index contributed by atoms with van der Waals surface area (Å²) in [7, 11) is 0. The molecule has 138 valence electrons. The van der Waals surface area contributed by atoms with E-state index >= 15 is 0 Å². The van der Waals surface area contributed by atoms with Gasteiger partial charge in [-0.2, -0.15) is 0 Å². The minimum Gasteiger partial charge on any atom is -0.444 e. The third-order valence-corrected chi connectivity index (χ3v) is 4.25. The van der Waals surface area contributed by atoms with E-state index in [-0.39, 0.29) is 5.91 Å². The second kappa shape index (κ2) is 8.83. The van der Waals surface area contributed by atoms with Crippen molar-refractivity contribution in [2.75, 3.05) is 5.32 Å². The van der Waals surface area contributed by atoms with E-state index in [9.17, 15) is 9.59 Å². The van der Waals surface area contributed by atoms with Gasteiger partial charge in [0.15, 0.2) is 0 Å². The summed E-state index contributed by atoms with van der Waals surface area (Å²) >= 11 is 0. The van der Waals surface area contributed by atoms with Gasteiger partial charge in [0, 0.05) is 18.1 Å². The summed E-state index contributed by atoms with van der Waals surface area (Å²) in [6.07, 6.45) is 9.16. The van der Waals surface area contributed by atoms with Crippen LogP contribution in [-0.4, -0.2) is 28.6 Å². The van der Waals surface area contributed by atoms with Crippen molar-refractivity contribution in [2.45, 2.75) is 70.9 Å². The van der Waals surface area contributed by atoms with E-state index in [1.807, 2.05) is 0 Å². The monoisotopic (exact) mass is 347 g/mol. The lowest BCUT2D eigenvalue weighted by atomic mass is 9.84. The molecular weight excluding hydrogens is 318 g/mol. The Morgan fingerprint density at radius 1 is 1.20 bits per heavy atom. The molecule has 1 aliphatic carbocycles. The van der Waals surface area contributed by atoms with Crippen molar-refractivity contribution in [3.63, 3.8) is 0 Å². The van der Waals surface area contributed by atoms with E-state index in [0.29, 0.717) is 18.0 Å². The molecule has 0 unspecified atom stereocenters. The van der Waals surface area contributed by atoms with E-state index in [1.165, 1.54) is 19.3 Å². The van der Waals surface area contributed by atoms with Gasteiger partial charge in [0.25, 0.3) is 0 Å². The minimum absolute atomic E-state index is 0.220. The van der Waals surface area contributed by atoms with Crippen LogP contribution in [0.3, 0.4) is 0 Å². The van der Waals surface area contributed by atoms with E-state index < -0.39 is 17.7 Å². The summed E-state index contributed by atoms with van der Waals surface area (Å²) in [5.74, 6) is 0.236. The molecule has 1 fully saturated rings. The second-order valence-corrected chi connectivity index (χ2v) is 7.66. The van der Waals surface area contributed by atoms with Crippen molar-refractivity contribution in [1.29, 1.82) is 0 Å². The number of anilines is 1. The van der Waals surface area contributed by atoms with Crippen molar-refractivity contribution in [1.82, 2.24) is 10.3 Å². The van der Waals surface area contributed by atoms with Crippen LogP contribution in [0.1, 0.15) is 59.3 Å². The summed E-state index contributed by atoms with van der Waals surface area (Å²) in [5.41, 5.74) is 0.0701. The van der Waals surface area contributed by atoms with Crippen LogP contribution >= 0.6 is 0 Å². The average molecular weight is 347 g/mol. The molecule has 0 aromatic carbocycles. The van der Waals surface area contributed by atoms with Crippen LogP contribution in [0, 0.1) is 5.92 Å². The molecule has 0 saturated heterocycles. The third-order valence-electron chi connectivity index (χ3n) is 4.25. The Bertz CT molecular complexity index is 563. The molecule has 1 aromatic rings. The molecule has 1 atom stereocenters. The molecule has 6 nitrogen and oxygen atoms in total. The maximum Gasteiger partial charge on any atom is 0.408 e. The number of rotatable bonds is 5. The normalized spacial score (nSPS) is 16.8. The van der Waals surface area contributed by atoms with E-state index in [4.69, 9.17) is 4.74 Å². The summed E-state index contributed by atoms with van der Waals surface area (Å²) < 4.78 is 5.32. The van der Waals surface area contributed by atoms with Gasteiger partial charge in [0.1, 0.15) is 11.6 Å². The first-order valence-electron chi connectivity index (χ1n) is 9.04. The highest BCUT2D eigenvalue weighted by Crippen LogP contribution is 2.27. The molecule has 6 heteroatoms. The highest BCUT2D eigenvalue weighted by molar-refractivity contribution is 5.96. The summed E-state index contributed by atoms with van der Waals surface area (Å²) in [6, 6.07) is 2.85. The Balaban J connectivity index is 2.01. The number of nitrogens with zero attached hydrogens (tertiary/aromatic N) is 1. The fourth-order valence-electron chi connectivity index (χ4n) is 3.10. The first-order valence-corrected chi connectivity index (χ1v) is 9.04. The Morgan fingerprint density at radius 3 is 2.44 bits per heavy atom. The molecule has 0 aliphatic heterocycles. The van der Waals surface area contributed by atoms with Gasteiger partial charge in [-0.25, -0.2) is 4.79 Å². The van der Waals surface area contributed by atoms with Crippen LogP contribution < -0.4 is 10.6 Å². The summed E-state index contributed by atoms with van der Waals surface area (Å²) in [5, 5.41) is 5.60. The zero-order valence-electron chi connectivity index (χ0n) is 15.4. The number of amides is 2. The van der Waals surface area contributed by atoms with Crippen molar-refractivity contribution in [3.05, 3.63) is 24.5 Å². The van der Waals surface area contributed by atoms with Gasteiger partial charge in [-0.3, -0.25) is 9.78 Å². The van der Waals surface area contributed by atoms with Crippen LogP contribution in [0.15, 0.2) is 24.5 Å². The van der Waals surface area contributed by atoms with Crippen molar-refractivity contribution >= 4 is 17.7 Å². The number of aromatic nitrogens is 1. The summed E-state index contributed by atoms with van der Waals surface area (Å²) in [6.45, 7) is 5.42. The van der Waals surface area contributed by atoms with Crippen LogP contribution in [0.4, 0.5) is 10.5 Å². The van der Waals surface area contributed by atoms with Crippen molar-refractivity contribution < 1.29 is 14.3 Å². The van der Waals surface area contributed by atoms with Gasteiger partial charge in [-0.15, -0.1) is 0 Å². The predicted octanol–water partition coefficient (Wildman–Crippen LogP) is 3.88. The smallest absolute Gasteiger partial charge is 0.408 e. The molecule has 0 bridgehead atoms. The van der Waals surface area contributed by atoms with E-state index in [0.717, 1.165) is 12.8 Å². The fraction of sp³-hybridized carbons (Fsp3) is 0.632. The van der Waals surface area contributed by atoms with Crippen molar-refractivity contribution in [2.24, 2.45) is 5.92 Å². The molecule has 2 N–H and O–H groups in total. The lowest BCUT2D eigenvalue weighted by Crippen LogP contribution is -2.46. The number of hydrogen-bond donors (Lipinski definition) is 2. The third kappa shape index (κ3) is 7.11. The average Bonchev–Trinajstić information content (AvgIpc) is 2.54. The first kappa shape index (κ1) is 19.2. The molecular formula is C19H29N3O3. The maximum absolute atomic E-state index is 12.7. The minimum atomic E-state index is -0.605. The zero-order chi connectivity index (χ0) is 18.3. The maximum atomic E-state index is 12.7. The SMILES string of the molecule is CC(C)(C)OC(=O)N[C@@H](CC1CCCCC1)C(=O)Nc1ccncc1. The number of carbonyl (C=O) groups excluding carboxylic acids is 2. The number of hydrogen-bond acceptors (Lipinski definition) is 4. The molecule has 1 saturated carbocycles. The lowest BCUT2D eigenvalue weighted by molar-refractivity contribution is -0.118. The number of ether oxygens (including phenoxy) is 1. The molecule has 1 aliphatic rings. The Hall–Kier alpha value is -2.11. The van der Waals surface area contributed by atoms with Gasteiger partial charge in [0.05, 0.1) is 0 Å². The fourth-order valence-corrected chi connectivity index (χ4v) is 3.10. The Kier molecular flexibility index (Phi) is 6.79. The predicted molar refractivity (Wildman–Crippen MR) is 97.2 cm³/mol. The topological polar surface area (TPSA) is 80.3 Å². The van der Waals surface area contributed by atoms with Crippen LogP contribution in [0.2, 0.25) is 0 Å². The molecule has 25 heavy (non-hydrogen) atoms. The number of alkyl carbamates (subject to hydrolysis) is 1. The second-order valence-electron chi connectivity index (χ2n) is 7.66. The van der Waals surface area contributed by atoms with Gasteiger partial charge in [-0.1, -0.05) is 32.1 Å². The summed E-state index contributed by atoms with van der Waals surface area (Å²) in [4.78, 5) is 28.8. The largest absolute Gasteiger partial charge is 0.444 e. The van der Waals surface area contributed by atoms with Crippen LogP contribution in [0.25, 0.3) is 0 Å². The van der Waals surface area contributed by atoms with Gasteiger partial charge in [-0.05, 0) is 45.2 Å². The number of nitrogens with one attached hydrogen (secondary N) is 2. The van der Waals surface area contributed by atoms with E-state index in [2.05, 4.69) is 15.6 Å². The standard InChI is InChI=1S/C19H29N3O3/c1-19(2,3)25-18(24)22-16(13-14-7-5-4-6-8-14)17(23)21-15-9-11-20-12-10-15/h9-12,14,16H,4-8,13H2,1-3H3,(H,22,24)(H,20,21,23)/t16-/m0/s1. The highest BCUT2D eigenvalue weighted by atomic mass is 16.6. The molecule has 1 aromatic heterocycles. The van der Waals surface area contributed by atoms with Gasteiger partial charge >= 0.3 is 6.09 Å². The molecule has 0 radical (unpaired) electrons. The number of carbonyl (C=O) groups is 2. The highest BCUT2D eigenvalue weighted by Gasteiger charge is 2.28. The quantitative estimate of drug-likeness (QED) is 0.847. The molecule has 2 rings (SSSR count). The van der Waals surface area contributed by atoms with Crippen LogP contribution in [-0.2, 0) is 9.53 Å². The Morgan fingerprint density at radius 2 is 1.84 bits per heavy atom. The molecule has 2 amide bonds. The van der Waals surface area contributed by atoms with E-state index in [1.54, 1.807) is 45.3 Å². The first-order chi connectivity index (χ1) is 11.8. The number of pyridine rings is 1. The lowest BCUT2D eigenvalue weighted by Gasteiger charge is -2.27. The Labute approximate surface area is 149 Å².